The fraction of sp³-hybridized carbons (Fsp3) is 0.429. The van der Waals surface area contributed by atoms with Crippen molar-refractivity contribution in [3.05, 3.63) is 23.3 Å². The minimum Gasteiger partial charge on any atom is -0.505 e. The Morgan fingerprint density at radius 2 is 2.05 bits per heavy atom. The van der Waals surface area contributed by atoms with Gasteiger partial charge in [0.05, 0.1) is 11.3 Å². The minimum absolute atomic E-state index is 0.144. The molecule has 1 amide bonds. The van der Waals surface area contributed by atoms with Crippen LogP contribution in [0.5, 0.6) is 5.75 Å². The summed E-state index contributed by atoms with van der Waals surface area (Å²) in [6.45, 7) is 7.14. The Labute approximate surface area is 112 Å². The van der Waals surface area contributed by atoms with E-state index in [1.54, 1.807) is 32.9 Å². The van der Waals surface area contributed by atoms with Crippen molar-refractivity contribution in [1.82, 2.24) is 0 Å². The maximum atomic E-state index is 11.6. The number of carbonyl (C=O) groups excluding carboxylic acids is 2. The fourth-order valence-corrected chi connectivity index (χ4v) is 1.52. The molecule has 5 heteroatoms. The summed E-state index contributed by atoms with van der Waals surface area (Å²) in [5.74, 6) is -0.252. The van der Waals surface area contributed by atoms with Gasteiger partial charge >= 0.3 is 6.09 Å². The van der Waals surface area contributed by atoms with Gasteiger partial charge in [0.15, 0.2) is 6.29 Å². The minimum atomic E-state index is -0.673. The van der Waals surface area contributed by atoms with Crippen molar-refractivity contribution in [2.75, 3.05) is 5.32 Å². The summed E-state index contributed by atoms with van der Waals surface area (Å²) in [5.41, 5.74) is 0.530. The number of hydrogen-bond donors (Lipinski definition) is 2. The molecule has 104 valence electrons. The predicted octanol–water partition coefficient (Wildman–Crippen LogP) is 3.11. The smallest absolute Gasteiger partial charge is 0.412 e. The highest BCUT2D eigenvalue weighted by molar-refractivity contribution is 5.91. The Balaban J connectivity index is 3.00. The van der Waals surface area contributed by atoms with E-state index < -0.39 is 11.7 Å². The molecule has 0 aromatic heterocycles. The standard InChI is InChI=1S/C14H19NO4/c1-5-9-6-10(8-16)12(17)11(7-9)15-13(18)19-14(2,3)4/h6-8,17H,5H2,1-4H3,(H,15,18). The molecule has 1 aromatic carbocycles. The van der Waals surface area contributed by atoms with Crippen LogP contribution in [-0.2, 0) is 11.2 Å². The van der Waals surface area contributed by atoms with Crippen molar-refractivity contribution in [2.45, 2.75) is 39.7 Å². The van der Waals surface area contributed by atoms with E-state index in [0.717, 1.165) is 5.56 Å². The first-order chi connectivity index (χ1) is 8.76. The van der Waals surface area contributed by atoms with E-state index in [-0.39, 0.29) is 17.0 Å². The van der Waals surface area contributed by atoms with Gasteiger partial charge in [-0.25, -0.2) is 4.79 Å². The Morgan fingerprint density at radius 1 is 1.42 bits per heavy atom. The van der Waals surface area contributed by atoms with E-state index in [2.05, 4.69) is 5.32 Å². The van der Waals surface area contributed by atoms with Gasteiger partial charge in [-0.3, -0.25) is 10.1 Å². The third-order valence-electron chi connectivity index (χ3n) is 2.37. The first-order valence-electron chi connectivity index (χ1n) is 6.08. The second-order valence-electron chi connectivity index (χ2n) is 5.18. The van der Waals surface area contributed by atoms with Crippen LogP contribution in [0.25, 0.3) is 0 Å². The lowest BCUT2D eigenvalue weighted by molar-refractivity contribution is 0.0635. The molecule has 0 saturated carbocycles. The number of anilines is 1. The van der Waals surface area contributed by atoms with Crippen LogP contribution in [0.1, 0.15) is 43.6 Å². The third kappa shape index (κ3) is 4.28. The summed E-state index contributed by atoms with van der Waals surface area (Å²) in [4.78, 5) is 22.5. The molecule has 19 heavy (non-hydrogen) atoms. The number of carbonyl (C=O) groups is 2. The second-order valence-corrected chi connectivity index (χ2v) is 5.18. The number of ether oxygens (including phenoxy) is 1. The maximum absolute atomic E-state index is 11.6. The Kier molecular flexibility index (Phi) is 4.53. The molecule has 0 aliphatic heterocycles. The number of aryl methyl sites for hydroxylation is 1. The van der Waals surface area contributed by atoms with Crippen LogP contribution in [-0.4, -0.2) is 23.1 Å². The lowest BCUT2D eigenvalue weighted by Crippen LogP contribution is -2.27. The van der Waals surface area contributed by atoms with Crippen molar-refractivity contribution in [3.8, 4) is 5.75 Å². The van der Waals surface area contributed by atoms with E-state index in [1.807, 2.05) is 6.92 Å². The molecule has 2 N–H and O–H groups in total. The van der Waals surface area contributed by atoms with Gasteiger partial charge in [0.1, 0.15) is 11.4 Å². The van der Waals surface area contributed by atoms with Gasteiger partial charge in [-0.2, -0.15) is 0 Å². The van der Waals surface area contributed by atoms with Crippen LogP contribution in [0.2, 0.25) is 0 Å². The number of phenols is 1. The van der Waals surface area contributed by atoms with Gasteiger partial charge in [-0.15, -0.1) is 0 Å². The molecule has 0 saturated heterocycles. The van der Waals surface area contributed by atoms with E-state index >= 15 is 0 Å². The summed E-state index contributed by atoms with van der Waals surface area (Å²) in [5, 5.41) is 12.3. The zero-order valence-electron chi connectivity index (χ0n) is 11.6. The molecule has 0 aliphatic rings. The molecular weight excluding hydrogens is 246 g/mol. The van der Waals surface area contributed by atoms with Crippen molar-refractivity contribution in [1.29, 1.82) is 0 Å². The zero-order chi connectivity index (χ0) is 14.6. The van der Waals surface area contributed by atoms with Crippen LogP contribution < -0.4 is 5.32 Å². The predicted molar refractivity (Wildman–Crippen MR) is 72.7 cm³/mol. The highest BCUT2D eigenvalue weighted by Gasteiger charge is 2.18. The van der Waals surface area contributed by atoms with Gasteiger partial charge in [0.25, 0.3) is 0 Å². The van der Waals surface area contributed by atoms with Crippen molar-refractivity contribution < 1.29 is 19.4 Å². The van der Waals surface area contributed by atoms with E-state index in [1.165, 1.54) is 0 Å². The highest BCUT2D eigenvalue weighted by Crippen LogP contribution is 2.29. The number of benzene rings is 1. The van der Waals surface area contributed by atoms with Crippen molar-refractivity contribution >= 4 is 18.1 Å². The number of hydrogen-bond acceptors (Lipinski definition) is 4. The lowest BCUT2D eigenvalue weighted by atomic mass is 10.1. The molecule has 0 radical (unpaired) electrons. The molecule has 0 aliphatic carbocycles. The maximum Gasteiger partial charge on any atom is 0.412 e. The van der Waals surface area contributed by atoms with Crippen molar-refractivity contribution in [3.63, 3.8) is 0 Å². The highest BCUT2D eigenvalue weighted by atomic mass is 16.6. The largest absolute Gasteiger partial charge is 0.505 e. The van der Waals surface area contributed by atoms with Gasteiger partial charge < -0.3 is 9.84 Å². The SMILES string of the molecule is CCc1cc(C=O)c(O)c(NC(=O)OC(C)(C)C)c1. The van der Waals surface area contributed by atoms with Crippen LogP contribution >= 0.6 is 0 Å². The number of nitrogens with one attached hydrogen (secondary N) is 1. The average Bonchev–Trinajstić information content (AvgIpc) is 2.29. The number of aromatic hydroxyl groups is 1. The third-order valence-corrected chi connectivity index (χ3v) is 2.37. The van der Waals surface area contributed by atoms with Gasteiger partial charge in [0, 0.05) is 0 Å². The summed E-state index contributed by atoms with van der Waals surface area (Å²) >= 11 is 0. The van der Waals surface area contributed by atoms with E-state index in [4.69, 9.17) is 4.74 Å². The molecular formula is C14H19NO4. The number of amides is 1. The topological polar surface area (TPSA) is 75.6 Å². The number of phenolic OH excluding ortho intramolecular Hbond substituents is 1. The van der Waals surface area contributed by atoms with Crippen molar-refractivity contribution in [2.24, 2.45) is 0 Å². The Bertz CT molecular complexity index is 489. The monoisotopic (exact) mass is 265 g/mol. The molecule has 0 unspecified atom stereocenters. The Hall–Kier alpha value is -2.04. The molecule has 0 fully saturated rings. The molecule has 1 rings (SSSR count). The number of rotatable bonds is 3. The lowest BCUT2D eigenvalue weighted by Gasteiger charge is -2.20. The van der Waals surface area contributed by atoms with Crippen LogP contribution in [0, 0.1) is 0 Å². The van der Waals surface area contributed by atoms with Gasteiger partial charge in [0.2, 0.25) is 0 Å². The molecule has 0 spiro atoms. The molecule has 0 heterocycles. The van der Waals surface area contributed by atoms with Gasteiger partial charge in [-0.05, 0) is 44.9 Å². The van der Waals surface area contributed by atoms with Crippen LogP contribution in [0.3, 0.4) is 0 Å². The zero-order valence-corrected chi connectivity index (χ0v) is 11.6. The normalized spacial score (nSPS) is 10.9. The number of aldehydes is 1. The second kappa shape index (κ2) is 5.73. The summed E-state index contributed by atoms with van der Waals surface area (Å²) in [6.07, 6.45) is 0.562. The first kappa shape index (κ1) is 15.0. The van der Waals surface area contributed by atoms with Crippen LogP contribution in [0.4, 0.5) is 10.5 Å². The quantitative estimate of drug-likeness (QED) is 0.650. The summed E-state index contributed by atoms with van der Waals surface area (Å²) < 4.78 is 5.09. The Morgan fingerprint density at radius 3 is 2.53 bits per heavy atom. The molecule has 1 aromatic rings. The summed E-state index contributed by atoms with van der Waals surface area (Å²) in [7, 11) is 0. The van der Waals surface area contributed by atoms with E-state index in [0.29, 0.717) is 12.7 Å². The summed E-state index contributed by atoms with van der Waals surface area (Å²) in [6, 6.07) is 3.20. The molecule has 0 atom stereocenters. The average molecular weight is 265 g/mol. The van der Waals surface area contributed by atoms with E-state index in [9.17, 15) is 14.7 Å². The first-order valence-corrected chi connectivity index (χ1v) is 6.08. The van der Waals surface area contributed by atoms with Crippen LogP contribution in [0.15, 0.2) is 12.1 Å². The molecule has 5 nitrogen and oxygen atoms in total. The fourth-order valence-electron chi connectivity index (χ4n) is 1.52. The molecule has 0 bridgehead atoms. The van der Waals surface area contributed by atoms with Gasteiger partial charge in [-0.1, -0.05) is 6.92 Å².